The molecule has 0 amide bonds. The summed E-state index contributed by atoms with van der Waals surface area (Å²) in [5.74, 6) is -0.202. The number of rotatable bonds is 8. The van der Waals surface area contributed by atoms with E-state index in [1.165, 1.54) is 18.2 Å². The second-order valence-electron chi connectivity index (χ2n) is 6.42. The average Bonchev–Trinajstić information content (AvgIpc) is 2.74. The lowest BCUT2D eigenvalue weighted by molar-refractivity contribution is 0.104. The molecule has 0 radical (unpaired) electrons. The zero-order chi connectivity index (χ0) is 22.4. The monoisotopic (exact) mass is 422 g/mol. The fraction of sp³-hybridized carbons (Fsp3) is 0.174. The van der Waals surface area contributed by atoms with Gasteiger partial charge in [-0.3, -0.25) is 14.6 Å². The van der Waals surface area contributed by atoms with Gasteiger partial charge in [-0.2, -0.15) is 0 Å². The van der Waals surface area contributed by atoms with Crippen LogP contribution in [0.15, 0.2) is 64.2 Å². The molecule has 8 nitrogen and oxygen atoms in total. The van der Waals surface area contributed by atoms with E-state index in [4.69, 9.17) is 9.47 Å². The number of aromatic amines is 1. The Morgan fingerprint density at radius 2 is 1.52 bits per heavy atom. The minimum Gasteiger partial charge on any atom is -0.494 e. The molecule has 0 aliphatic rings. The Balaban J connectivity index is 1.93. The predicted octanol–water partition coefficient (Wildman–Crippen LogP) is 2.92. The molecule has 0 saturated heterocycles. The Labute approximate surface area is 178 Å². The number of allylic oxidation sites excluding steroid dienone is 1. The molecular formula is C23H22N2O6. The summed E-state index contributed by atoms with van der Waals surface area (Å²) in [5.41, 5.74) is -1.39. The summed E-state index contributed by atoms with van der Waals surface area (Å²) in [7, 11) is 0. The summed E-state index contributed by atoms with van der Waals surface area (Å²) in [6, 6.07) is 13.3. The van der Waals surface area contributed by atoms with Gasteiger partial charge in [0, 0.05) is 0 Å². The van der Waals surface area contributed by atoms with E-state index in [0.717, 1.165) is 10.6 Å². The third-order valence-corrected chi connectivity index (χ3v) is 4.36. The van der Waals surface area contributed by atoms with Gasteiger partial charge >= 0.3 is 5.69 Å². The Morgan fingerprint density at radius 1 is 0.968 bits per heavy atom. The van der Waals surface area contributed by atoms with Crippen molar-refractivity contribution in [3.05, 3.63) is 86.6 Å². The molecule has 0 bridgehead atoms. The molecule has 0 fully saturated rings. The van der Waals surface area contributed by atoms with E-state index in [0.29, 0.717) is 30.3 Å². The number of H-pyrrole nitrogens is 1. The van der Waals surface area contributed by atoms with Gasteiger partial charge in [-0.05, 0) is 61.9 Å². The number of benzene rings is 2. The summed E-state index contributed by atoms with van der Waals surface area (Å²) in [6.07, 6.45) is 2.66. The molecule has 0 atom stereocenters. The molecule has 160 valence electrons. The van der Waals surface area contributed by atoms with Crippen LogP contribution in [0, 0.1) is 0 Å². The molecule has 2 N–H and O–H groups in total. The highest BCUT2D eigenvalue weighted by molar-refractivity contribution is 6.08. The molecule has 3 aromatic rings. The number of ether oxygens (including phenoxy) is 2. The number of ketones is 1. The van der Waals surface area contributed by atoms with E-state index in [2.05, 4.69) is 4.98 Å². The lowest BCUT2D eigenvalue weighted by Gasteiger charge is -2.11. The minimum atomic E-state index is -0.967. The quantitative estimate of drug-likeness (QED) is 0.427. The van der Waals surface area contributed by atoms with Crippen molar-refractivity contribution in [2.24, 2.45) is 0 Å². The van der Waals surface area contributed by atoms with Crippen molar-refractivity contribution in [2.45, 2.75) is 13.8 Å². The van der Waals surface area contributed by atoms with E-state index in [1.54, 1.807) is 36.4 Å². The highest BCUT2D eigenvalue weighted by Gasteiger charge is 2.20. The van der Waals surface area contributed by atoms with Crippen LogP contribution in [0.5, 0.6) is 17.4 Å². The van der Waals surface area contributed by atoms with E-state index in [-0.39, 0.29) is 5.69 Å². The van der Waals surface area contributed by atoms with Gasteiger partial charge in [-0.15, -0.1) is 0 Å². The molecule has 8 heteroatoms. The van der Waals surface area contributed by atoms with Crippen LogP contribution in [0.2, 0.25) is 0 Å². The maximum Gasteiger partial charge on any atom is 0.335 e. The number of hydrogen-bond donors (Lipinski definition) is 2. The normalized spacial score (nSPS) is 10.9. The number of aromatic hydroxyl groups is 1. The van der Waals surface area contributed by atoms with Crippen LogP contribution < -0.4 is 20.7 Å². The molecule has 0 aliphatic heterocycles. The molecule has 0 unspecified atom stereocenters. The van der Waals surface area contributed by atoms with Gasteiger partial charge in [0.15, 0.2) is 5.78 Å². The lowest BCUT2D eigenvalue weighted by atomic mass is 10.1. The van der Waals surface area contributed by atoms with Gasteiger partial charge in [-0.1, -0.05) is 18.2 Å². The van der Waals surface area contributed by atoms with Crippen molar-refractivity contribution in [2.75, 3.05) is 13.2 Å². The predicted molar refractivity (Wildman–Crippen MR) is 116 cm³/mol. The van der Waals surface area contributed by atoms with Crippen LogP contribution in [-0.2, 0) is 0 Å². The van der Waals surface area contributed by atoms with Crippen molar-refractivity contribution < 1.29 is 19.4 Å². The van der Waals surface area contributed by atoms with Crippen molar-refractivity contribution in [3.63, 3.8) is 0 Å². The summed E-state index contributed by atoms with van der Waals surface area (Å²) >= 11 is 0. The molecule has 1 aromatic heterocycles. The fourth-order valence-electron chi connectivity index (χ4n) is 2.94. The molecule has 0 aliphatic carbocycles. The molecule has 31 heavy (non-hydrogen) atoms. The Bertz CT molecular complexity index is 1200. The number of aromatic nitrogens is 2. The first-order valence-corrected chi connectivity index (χ1v) is 9.71. The Kier molecular flexibility index (Phi) is 6.71. The zero-order valence-electron chi connectivity index (χ0n) is 17.1. The van der Waals surface area contributed by atoms with Crippen LogP contribution in [0.4, 0.5) is 0 Å². The molecule has 2 aromatic carbocycles. The Hall–Kier alpha value is -4.07. The van der Waals surface area contributed by atoms with E-state index in [1.807, 2.05) is 13.8 Å². The molecular weight excluding hydrogens is 400 g/mol. The van der Waals surface area contributed by atoms with Crippen LogP contribution in [0.3, 0.4) is 0 Å². The van der Waals surface area contributed by atoms with Gasteiger partial charge in [0.1, 0.15) is 17.1 Å². The number of hydrogen-bond acceptors (Lipinski definition) is 6. The van der Waals surface area contributed by atoms with Crippen LogP contribution >= 0.6 is 0 Å². The first-order valence-electron chi connectivity index (χ1n) is 9.71. The second kappa shape index (κ2) is 9.62. The lowest BCUT2D eigenvalue weighted by Crippen LogP contribution is -2.32. The number of carbonyl (C=O) groups is 1. The van der Waals surface area contributed by atoms with Crippen LogP contribution in [0.25, 0.3) is 11.8 Å². The summed E-state index contributed by atoms with van der Waals surface area (Å²) in [5, 5.41) is 10.6. The third kappa shape index (κ3) is 4.92. The van der Waals surface area contributed by atoms with Crippen LogP contribution in [-0.4, -0.2) is 33.7 Å². The number of carbonyl (C=O) groups excluding carboxylic acids is 1. The topological polar surface area (TPSA) is 111 Å². The highest BCUT2D eigenvalue weighted by Crippen LogP contribution is 2.20. The first-order chi connectivity index (χ1) is 14.9. The fourth-order valence-corrected chi connectivity index (χ4v) is 2.94. The molecule has 0 saturated carbocycles. The standard InChI is InChI=1S/C23H22N2O6/c1-3-30-17-10-5-15(6-11-17)7-14-19(26)20-21(27)24-23(29)25(22(20)28)16-8-12-18(13-9-16)31-4-2/h5-14,28H,3-4H2,1-2H3,(H,24,27,29)/b14-7+. The van der Waals surface area contributed by atoms with Crippen molar-refractivity contribution in [1.29, 1.82) is 0 Å². The first kappa shape index (κ1) is 21.6. The van der Waals surface area contributed by atoms with Gasteiger partial charge in [0.25, 0.3) is 5.56 Å². The maximum absolute atomic E-state index is 12.6. The van der Waals surface area contributed by atoms with Gasteiger partial charge in [0.2, 0.25) is 5.88 Å². The van der Waals surface area contributed by atoms with Crippen LogP contribution in [0.1, 0.15) is 29.8 Å². The van der Waals surface area contributed by atoms with E-state index in [9.17, 15) is 19.5 Å². The van der Waals surface area contributed by atoms with Crippen molar-refractivity contribution in [1.82, 2.24) is 9.55 Å². The van der Waals surface area contributed by atoms with Gasteiger partial charge in [0.05, 0.1) is 18.9 Å². The Morgan fingerprint density at radius 3 is 2.06 bits per heavy atom. The van der Waals surface area contributed by atoms with E-state index < -0.39 is 28.5 Å². The summed E-state index contributed by atoms with van der Waals surface area (Å²) in [4.78, 5) is 39.2. The summed E-state index contributed by atoms with van der Waals surface area (Å²) < 4.78 is 11.6. The van der Waals surface area contributed by atoms with Crippen molar-refractivity contribution in [3.8, 4) is 23.1 Å². The zero-order valence-corrected chi connectivity index (χ0v) is 17.1. The smallest absolute Gasteiger partial charge is 0.335 e. The van der Waals surface area contributed by atoms with Gasteiger partial charge < -0.3 is 14.6 Å². The largest absolute Gasteiger partial charge is 0.494 e. The second-order valence-corrected chi connectivity index (χ2v) is 6.42. The molecule has 1 heterocycles. The number of nitrogens with zero attached hydrogens (tertiary/aromatic N) is 1. The van der Waals surface area contributed by atoms with E-state index >= 15 is 0 Å². The SMILES string of the molecule is CCOc1ccc(/C=C/C(=O)c2c(O)n(-c3ccc(OCC)cc3)c(=O)[nH]c2=O)cc1. The summed E-state index contributed by atoms with van der Waals surface area (Å²) in [6.45, 7) is 4.73. The van der Waals surface area contributed by atoms with Gasteiger partial charge in [-0.25, -0.2) is 9.36 Å². The molecule has 3 rings (SSSR count). The maximum atomic E-state index is 12.6. The minimum absolute atomic E-state index is 0.270. The highest BCUT2D eigenvalue weighted by atomic mass is 16.5. The molecule has 0 spiro atoms. The average molecular weight is 422 g/mol. The van der Waals surface area contributed by atoms with Crippen molar-refractivity contribution >= 4 is 11.9 Å². The third-order valence-electron chi connectivity index (χ3n) is 4.36. The number of nitrogens with one attached hydrogen (secondary N) is 1.